The van der Waals surface area contributed by atoms with Gasteiger partial charge in [0.1, 0.15) is 13.2 Å². The predicted octanol–water partition coefficient (Wildman–Crippen LogP) is 2.43. The van der Waals surface area contributed by atoms with E-state index in [0.717, 1.165) is 53.0 Å². The lowest BCUT2D eigenvalue weighted by Gasteiger charge is -2.15. The smallest absolute Gasteiger partial charge is 0.209 e. The number of hydrogen-bond donors (Lipinski definition) is 1. The van der Waals surface area contributed by atoms with Gasteiger partial charge in [0, 0.05) is 19.2 Å². The summed E-state index contributed by atoms with van der Waals surface area (Å²) in [5.41, 5.74) is 2.29. The molecule has 0 atom stereocenters. The Morgan fingerprint density at radius 2 is 1.93 bits per heavy atom. The van der Waals surface area contributed by atoms with Crippen molar-refractivity contribution in [3.8, 4) is 11.5 Å². The molecule has 0 aliphatic carbocycles. The van der Waals surface area contributed by atoms with Crippen LogP contribution < -0.4 is 14.8 Å². The van der Waals surface area contributed by atoms with E-state index in [4.69, 9.17) is 9.47 Å². The lowest BCUT2D eigenvalue weighted by Crippen LogP contribution is -2.82. The van der Waals surface area contributed by atoms with Gasteiger partial charge in [-0.05, 0) is 35.0 Å². The summed E-state index contributed by atoms with van der Waals surface area (Å²) in [4.78, 5) is 0. The van der Waals surface area contributed by atoms with Crippen molar-refractivity contribution in [3.05, 3.63) is 59.7 Å². The highest BCUT2D eigenvalue weighted by Crippen LogP contribution is 2.31. The van der Waals surface area contributed by atoms with Gasteiger partial charge in [-0.2, -0.15) is 0 Å². The molecule has 1 heterocycles. The SMILES string of the molecule is CCOc1cccc(C[NH2+]CCCSc2nnnn2C)c1OCc1ccccc1. The summed E-state index contributed by atoms with van der Waals surface area (Å²) in [6, 6.07) is 16.3. The summed E-state index contributed by atoms with van der Waals surface area (Å²) in [5, 5.41) is 14.6. The number of para-hydroxylation sites is 1. The molecule has 0 aliphatic heterocycles. The zero-order valence-electron chi connectivity index (χ0n) is 17.0. The Hall–Kier alpha value is -2.58. The second-order valence-electron chi connectivity index (χ2n) is 6.52. The van der Waals surface area contributed by atoms with E-state index in [9.17, 15) is 0 Å². The molecule has 2 N–H and O–H groups in total. The van der Waals surface area contributed by atoms with Crippen molar-refractivity contribution in [2.45, 2.75) is 31.7 Å². The van der Waals surface area contributed by atoms with Crippen LogP contribution in [0.1, 0.15) is 24.5 Å². The van der Waals surface area contributed by atoms with Gasteiger partial charge in [-0.25, -0.2) is 4.68 Å². The lowest BCUT2D eigenvalue weighted by atomic mass is 10.1. The third-order valence-corrected chi connectivity index (χ3v) is 5.41. The van der Waals surface area contributed by atoms with Gasteiger partial charge in [-0.1, -0.05) is 48.2 Å². The summed E-state index contributed by atoms with van der Waals surface area (Å²) >= 11 is 1.68. The maximum Gasteiger partial charge on any atom is 0.209 e. The van der Waals surface area contributed by atoms with Gasteiger partial charge in [0.05, 0.1) is 18.7 Å². The molecule has 0 spiro atoms. The number of aromatic nitrogens is 4. The second-order valence-corrected chi connectivity index (χ2v) is 7.58. The number of nitrogens with two attached hydrogens (primary N) is 1. The van der Waals surface area contributed by atoms with E-state index in [-0.39, 0.29) is 0 Å². The number of benzene rings is 2. The zero-order valence-corrected chi connectivity index (χ0v) is 17.8. The number of hydrogen-bond acceptors (Lipinski definition) is 6. The van der Waals surface area contributed by atoms with Gasteiger partial charge in [0.2, 0.25) is 5.16 Å². The number of thioether (sulfide) groups is 1. The fraction of sp³-hybridized carbons (Fsp3) is 0.381. The third-order valence-electron chi connectivity index (χ3n) is 4.32. The average molecular weight is 415 g/mol. The molecule has 29 heavy (non-hydrogen) atoms. The number of nitrogens with zero attached hydrogens (tertiary/aromatic N) is 4. The quantitative estimate of drug-likeness (QED) is 0.362. The number of ether oxygens (including phenoxy) is 2. The topological polar surface area (TPSA) is 78.7 Å². The summed E-state index contributed by atoms with van der Waals surface area (Å²) < 4.78 is 13.7. The fourth-order valence-corrected chi connectivity index (χ4v) is 3.69. The molecular formula is C21H28N5O2S+. The van der Waals surface area contributed by atoms with Gasteiger partial charge in [-0.3, -0.25) is 0 Å². The van der Waals surface area contributed by atoms with Crippen LogP contribution in [-0.4, -0.2) is 39.1 Å². The molecule has 0 amide bonds. The fourth-order valence-electron chi connectivity index (χ4n) is 2.88. The summed E-state index contributed by atoms with van der Waals surface area (Å²) in [6.45, 7) is 5.00. The first kappa shape index (κ1) is 21.1. The standard InChI is InChI=1S/C21H27N5O2S/c1-3-27-19-12-7-11-18(20(19)28-16-17-9-5-4-6-10-17)15-22-13-8-14-29-21-23-24-25-26(21)2/h4-7,9-12,22H,3,8,13-16H2,1-2H3/p+1. The van der Waals surface area contributed by atoms with Crippen molar-refractivity contribution in [2.75, 3.05) is 18.9 Å². The minimum Gasteiger partial charge on any atom is -0.490 e. The van der Waals surface area contributed by atoms with Crippen LogP contribution in [0.2, 0.25) is 0 Å². The van der Waals surface area contributed by atoms with Crippen LogP contribution in [0.3, 0.4) is 0 Å². The molecule has 8 heteroatoms. The maximum atomic E-state index is 6.17. The normalized spacial score (nSPS) is 10.8. The third kappa shape index (κ3) is 6.47. The van der Waals surface area contributed by atoms with Crippen molar-refractivity contribution in [2.24, 2.45) is 7.05 Å². The number of aryl methyl sites for hydroxylation is 1. The molecular weight excluding hydrogens is 386 g/mol. The van der Waals surface area contributed by atoms with Crippen LogP contribution >= 0.6 is 11.8 Å². The molecule has 0 unspecified atom stereocenters. The molecule has 0 saturated carbocycles. The largest absolute Gasteiger partial charge is 0.490 e. The Bertz CT molecular complexity index is 873. The van der Waals surface area contributed by atoms with Crippen molar-refractivity contribution < 1.29 is 14.8 Å². The molecule has 3 rings (SSSR count). The molecule has 154 valence electrons. The molecule has 0 aliphatic rings. The first-order valence-corrected chi connectivity index (χ1v) is 10.8. The molecule has 2 aromatic carbocycles. The van der Waals surface area contributed by atoms with E-state index in [0.29, 0.717) is 13.2 Å². The Kier molecular flexibility index (Phi) is 8.33. The van der Waals surface area contributed by atoms with Crippen molar-refractivity contribution >= 4 is 11.8 Å². The Morgan fingerprint density at radius 3 is 2.69 bits per heavy atom. The van der Waals surface area contributed by atoms with E-state index in [1.165, 1.54) is 0 Å². The van der Waals surface area contributed by atoms with Gasteiger partial charge in [0.25, 0.3) is 0 Å². The Balaban J connectivity index is 1.52. The molecule has 0 radical (unpaired) electrons. The number of rotatable bonds is 12. The van der Waals surface area contributed by atoms with Crippen LogP contribution in [-0.2, 0) is 20.2 Å². The molecule has 0 bridgehead atoms. The van der Waals surface area contributed by atoms with Crippen molar-refractivity contribution in [1.29, 1.82) is 0 Å². The first-order chi connectivity index (χ1) is 14.3. The van der Waals surface area contributed by atoms with E-state index < -0.39 is 0 Å². The summed E-state index contributed by atoms with van der Waals surface area (Å²) in [6.07, 6.45) is 1.07. The minimum absolute atomic E-state index is 0.528. The van der Waals surface area contributed by atoms with Gasteiger partial charge in [-0.15, -0.1) is 5.10 Å². The van der Waals surface area contributed by atoms with Crippen LogP contribution in [0.4, 0.5) is 0 Å². The molecule has 0 saturated heterocycles. The van der Waals surface area contributed by atoms with Crippen LogP contribution in [0.5, 0.6) is 11.5 Å². The summed E-state index contributed by atoms with van der Waals surface area (Å²) in [5.74, 6) is 2.63. The van der Waals surface area contributed by atoms with Gasteiger partial charge < -0.3 is 14.8 Å². The highest BCUT2D eigenvalue weighted by Gasteiger charge is 2.13. The second kappa shape index (κ2) is 11.4. The summed E-state index contributed by atoms with van der Waals surface area (Å²) in [7, 11) is 1.86. The van der Waals surface area contributed by atoms with Crippen LogP contribution in [0.15, 0.2) is 53.7 Å². The van der Waals surface area contributed by atoms with Gasteiger partial charge >= 0.3 is 0 Å². The maximum absolute atomic E-state index is 6.17. The predicted molar refractivity (Wildman–Crippen MR) is 113 cm³/mol. The molecule has 0 fully saturated rings. The van der Waals surface area contributed by atoms with E-state index in [2.05, 4.69) is 39.0 Å². The molecule has 3 aromatic rings. The van der Waals surface area contributed by atoms with Crippen LogP contribution in [0.25, 0.3) is 0 Å². The highest BCUT2D eigenvalue weighted by atomic mass is 32.2. The Labute approximate surface area is 175 Å². The molecule has 7 nitrogen and oxygen atoms in total. The average Bonchev–Trinajstić information content (AvgIpc) is 3.15. The van der Waals surface area contributed by atoms with Crippen LogP contribution in [0, 0.1) is 0 Å². The highest BCUT2D eigenvalue weighted by molar-refractivity contribution is 7.99. The number of quaternary nitrogens is 1. The Morgan fingerprint density at radius 1 is 1.07 bits per heavy atom. The van der Waals surface area contributed by atoms with E-state index >= 15 is 0 Å². The van der Waals surface area contributed by atoms with E-state index in [1.54, 1.807) is 16.4 Å². The lowest BCUT2D eigenvalue weighted by molar-refractivity contribution is -0.670. The van der Waals surface area contributed by atoms with Crippen molar-refractivity contribution in [3.63, 3.8) is 0 Å². The minimum atomic E-state index is 0.528. The first-order valence-electron chi connectivity index (χ1n) is 9.86. The van der Waals surface area contributed by atoms with Gasteiger partial charge in [0.15, 0.2) is 11.5 Å². The molecule has 1 aromatic heterocycles. The zero-order chi connectivity index (χ0) is 20.3. The monoisotopic (exact) mass is 414 g/mol. The van der Waals surface area contributed by atoms with Crippen molar-refractivity contribution in [1.82, 2.24) is 20.2 Å². The number of tetrazole rings is 1. The van der Waals surface area contributed by atoms with E-state index in [1.807, 2.05) is 44.3 Å².